The normalized spacial score (nSPS) is 12.3. The van der Waals surface area contributed by atoms with Crippen LogP contribution in [0.2, 0.25) is 0 Å². The highest BCUT2D eigenvalue weighted by Crippen LogP contribution is 2.13. The zero-order chi connectivity index (χ0) is 18.6. The number of carbonyl (C=O) groups is 1. The van der Waals surface area contributed by atoms with Crippen molar-refractivity contribution in [3.63, 3.8) is 0 Å². The average molecular weight is 377 g/mol. The summed E-state index contributed by atoms with van der Waals surface area (Å²) in [5, 5.41) is 9.20. The molecule has 0 fully saturated rings. The lowest BCUT2D eigenvalue weighted by atomic mass is 10.0. The van der Waals surface area contributed by atoms with Crippen LogP contribution in [-0.2, 0) is 9.53 Å². The van der Waals surface area contributed by atoms with E-state index >= 15 is 0 Å². The Bertz CT molecular complexity index is 284. The molecule has 0 saturated carbocycles. The molecule has 0 rings (SSSR count). The summed E-state index contributed by atoms with van der Waals surface area (Å²) in [4.78, 5) is 11.4. The van der Waals surface area contributed by atoms with Crippen molar-refractivity contribution in [2.75, 3.05) is 12.5 Å². The first-order valence-electron chi connectivity index (χ1n) is 10.6. The predicted octanol–water partition coefficient (Wildman–Crippen LogP) is 6.39. The van der Waals surface area contributed by atoms with Crippen molar-refractivity contribution >= 4 is 17.6 Å². The van der Waals surface area contributed by atoms with E-state index < -0.39 is 6.10 Å². The van der Waals surface area contributed by atoms with Crippen LogP contribution in [-0.4, -0.2) is 29.7 Å². The maximum Gasteiger partial charge on any atom is 0.305 e. The molecule has 0 aromatic rings. The van der Waals surface area contributed by atoms with Crippen molar-refractivity contribution in [3.8, 4) is 0 Å². The van der Waals surface area contributed by atoms with Gasteiger partial charge in [0.25, 0.3) is 0 Å². The molecule has 1 atom stereocenters. The number of rotatable bonds is 19. The molecule has 0 aromatic carbocycles. The number of hydrogen-bond acceptors (Lipinski definition) is 3. The number of aliphatic hydroxyl groups is 1. The van der Waals surface area contributed by atoms with Crippen molar-refractivity contribution in [3.05, 3.63) is 0 Å². The number of alkyl halides is 1. The van der Waals surface area contributed by atoms with E-state index in [-0.39, 0.29) is 18.5 Å². The topological polar surface area (TPSA) is 46.5 Å². The Balaban J connectivity index is 3.12. The van der Waals surface area contributed by atoms with Gasteiger partial charge >= 0.3 is 5.97 Å². The van der Waals surface area contributed by atoms with Gasteiger partial charge in [0.15, 0.2) is 0 Å². The van der Waals surface area contributed by atoms with Gasteiger partial charge in [-0.3, -0.25) is 4.79 Å². The molecule has 1 N–H and O–H groups in total. The second-order valence-corrected chi connectivity index (χ2v) is 7.50. The van der Waals surface area contributed by atoms with E-state index in [1.54, 1.807) is 0 Å². The highest BCUT2D eigenvalue weighted by molar-refractivity contribution is 6.18. The highest BCUT2D eigenvalue weighted by atomic mass is 35.5. The van der Waals surface area contributed by atoms with E-state index in [1.807, 2.05) is 0 Å². The quantitative estimate of drug-likeness (QED) is 0.161. The molecule has 0 radical (unpaired) electrons. The van der Waals surface area contributed by atoms with Crippen molar-refractivity contribution < 1.29 is 14.6 Å². The van der Waals surface area contributed by atoms with Gasteiger partial charge in [-0.25, -0.2) is 0 Å². The van der Waals surface area contributed by atoms with Crippen molar-refractivity contribution in [2.45, 2.75) is 116 Å². The summed E-state index contributed by atoms with van der Waals surface area (Å²) in [5.74, 6) is -0.120. The third-order valence-corrected chi connectivity index (χ3v) is 4.96. The summed E-state index contributed by atoms with van der Waals surface area (Å²) in [7, 11) is 0. The summed E-state index contributed by atoms with van der Waals surface area (Å²) in [6, 6.07) is 0. The molecule has 150 valence electrons. The summed E-state index contributed by atoms with van der Waals surface area (Å²) in [5.41, 5.74) is 0. The van der Waals surface area contributed by atoms with E-state index in [2.05, 4.69) is 6.92 Å². The molecule has 0 heterocycles. The average Bonchev–Trinajstić information content (AvgIpc) is 2.62. The number of aliphatic hydroxyl groups excluding tert-OH is 1. The van der Waals surface area contributed by atoms with E-state index in [0.29, 0.717) is 6.42 Å². The largest absolute Gasteiger partial charge is 0.463 e. The molecule has 4 heteroatoms. The fraction of sp³-hybridized carbons (Fsp3) is 0.952. The molecular formula is C21H41ClO3. The lowest BCUT2D eigenvalue weighted by molar-refractivity contribution is -0.146. The predicted molar refractivity (Wildman–Crippen MR) is 107 cm³/mol. The summed E-state index contributed by atoms with van der Waals surface area (Å²) in [6.45, 7) is 2.28. The van der Waals surface area contributed by atoms with Gasteiger partial charge < -0.3 is 9.84 Å². The van der Waals surface area contributed by atoms with Gasteiger partial charge in [-0.1, -0.05) is 96.8 Å². The van der Waals surface area contributed by atoms with E-state index in [4.69, 9.17) is 16.3 Å². The monoisotopic (exact) mass is 376 g/mol. The van der Waals surface area contributed by atoms with Crippen LogP contribution in [0.4, 0.5) is 0 Å². The van der Waals surface area contributed by atoms with Gasteiger partial charge in [0, 0.05) is 6.42 Å². The third kappa shape index (κ3) is 19.9. The first-order valence-corrected chi connectivity index (χ1v) is 11.1. The first kappa shape index (κ1) is 24.7. The molecule has 0 aliphatic carbocycles. The number of carbonyl (C=O) groups excluding carboxylic acids is 1. The second kappa shape index (κ2) is 20.0. The van der Waals surface area contributed by atoms with Crippen LogP contribution in [0.5, 0.6) is 0 Å². The number of esters is 1. The van der Waals surface area contributed by atoms with Gasteiger partial charge in [-0.15, -0.1) is 11.6 Å². The Hall–Kier alpha value is -0.280. The second-order valence-electron chi connectivity index (χ2n) is 7.19. The van der Waals surface area contributed by atoms with Gasteiger partial charge in [0.05, 0.1) is 5.88 Å². The van der Waals surface area contributed by atoms with Gasteiger partial charge in [0.1, 0.15) is 12.7 Å². The molecule has 0 amide bonds. The molecule has 0 aliphatic heterocycles. The summed E-state index contributed by atoms with van der Waals surface area (Å²) in [6.07, 6.45) is 19.4. The SMILES string of the molecule is CCCCCCCCCCCCCCCCCC(=O)OCC(O)CCl. The molecule has 0 saturated heterocycles. The molecule has 0 spiro atoms. The van der Waals surface area contributed by atoms with Crippen LogP contribution in [0.15, 0.2) is 0 Å². The Morgan fingerprint density at radius 2 is 1.20 bits per heavy atom. The van der Waals surface area contributed by atoms with Crippen LogP contribution in [0.25, 0.3) is 0 Å². The van der Waals surface area contributed by atoms with Crippen LogP contribution >= 0.6 is 11.6 Å². The number of hydrogen-bond donors (Lipinski definition) is 1. The standard InChI is InChI=1S/C21H41ClO3/c1-2-3-4-5-6-7-8-9-10-11-12-13-14-15-16-17-21(24)25-19-20(23)18-22/h20,23H,2-19H2,1H3. The number of ether oxygens (including phenoxy) is 1. The lowest BCUT2D eigenvalue weighted by Gasteiger charge is -2.08. The van der Waals surface area contributed by atoms with E-state index in [0.717, 1.165) is 12.8 Å². The smallest absolute Gasteiger partial charge is 0.305 e. The van der Waals surface area contributed by atoms with Crippen molar-refractivity contribution in [1.82, 2.24) is 0 Å². The summed E-state index contributed by atoms with van der Waals surface area (Å²) < 4.78 is 4.94. The zero-order valence-electron chi connectivity index (χ0n) is 16.4. The van der Waals surface area contributed by atoms with Gasteiger partial charge in [-0.05, 0) is 6.42 Å². The van der Waals surface area contributed by atoms with E-state index in [1.165, 1.54) is 83.5 Å². The van der Waals surface area contributed by atoms with Crippen LogP contribution < -0.4 is 0 Å². The molecule has 25 heavy (non-hydrogen) atoms. The zero-order valence-corrected chi connectivity index (χ0v) is 17.2. The van der Waals surface area contributed by atoms with Gasteiger partial charge in [-0.2, -0.15) is 0 Å². The molecule has 3 nitrogen and oxygen atoms in total. The van der Waals surface area contributed by atoms with Crippen LogP contribution in [0, 0.1) is 0 Å². The minimum atomic E-state index is -0.744. The fourth-order valence-electron chi connectivity index (χ4n) is 2.95. The van der Waals surface area contributed by atoms with Crippen LogP contribution in [0.3, 0.4) is 0 Å². The Morgan fingerprint density at radius 1 is 0.800 bits per heavy atom. The Morgan fingerprint density at radius 3 is 1.60 bits per heavy atom. The third-order valence-electron chi connectivity index (χ3n) is 4.60. The maximum absolute atomic E-state index is 11.4. The molecule has 1 unspecified atom stereocenters. The molecular weight excluding hydrogens is 336 g/mol. The van der Waals surface area contributed by atoms with Crippen molar-refractivity contribution in [1.29, 1.82) is 0 Å². The molecule has 0 aliphatic rings. The fourth-order valence-corrected chi connectivity index (χ4v) is 3.04. The first-order chi connectivity index (χ1) is 12.2. The number of unbranched alkanes of at least 4 members (excludes halogenated alkanes) is 14. The van der Waals surface area contributed by atoms with Crippen molar-refractivity contribution in [2.24, 2.45) is 0 Å². The minimum absolute atomic E-state index is 0.0150. The summed E-state index contributed by atoms with van der Waals surface area (Å²) >= 11 is 5.44. The number of halogens is 1. The van der Waals surface area contributed by atoms with Gasteiger partial charge in [0.2, 0.25) is 0 Å². The minimum Gasteiger partial charge on any atom is -0.463 e. The highest BCUT2D eigenvalue weighted by Gasteiger charge is 2.07. The molecule has 0 bridgehead atoms. The maximum atomic E-state index is 11.4. The Labute approximate surface area is 160 Å². The van der Waals surface area contributed by atoms with Crippen LogP contribution in [0.1, 0.15) is 110 Å². The van der Waals surface area contributed by atoms with E-state index in [9.17, 15) is 9.90 Å². The lowest BCUT2D eigenvalue weighted by Crippen LogP contribution is -2.19. The molecule has 0 aromatic heterocycles. The Kier molecular flexibility index (Phi) is 19.8.